The Bertz CT molecular complexity index is 1300. The summed E-state index contributed by atoms with van der Waals surface area (Å²) in [6.07, 6.45) is 3.67. The molecule has 2 bridgehead atoms. The van der Waals surface area contributed by atoms with Crippen LogP contribution in [0, 0.1) is 17.6 Å². The highest BCUT2D eigenvalue weighted by Gasteiger charge is 2.41. The highest BCUT2D eigenvalue weighted by atomic mass is 32.2. The molecular weight excluding hydrogens is 538 g/mol. The first-order valence-corrected chi connectivity index (χ1v) is 15.6. The van der Waals surface area contributed by atoms with Gasteiger partial charge in [-0.1, -0.05) is 18.2 Å². The Balaban J connectivity index is 1.31. The number of methoxy groups -OCH3 is 1. The number of halogens is 2. The predicted octanol–water partition coefficient (Wildman–Crippen LogP) is 3.14. The lowest BCUT2D eigenvalue weighted by atomic mass is 9.68. The number of ether oxygens (including phenoxy) is 1. The Morgan fingerprint density at radius 3 is 2.67 bits per heavy atom. The Kier molecular flexibility index (Phi) is 8.86. The van der Waals surface area contributed by atoms with Crippen molar-refractivity contribution >= 4 is 21.6 Å². The van der Waals surface area contributed by atoms with E-state index in [1.807, 2.05) is 0 Å². The Morgan fingerprint density at radius 2 is 1.95 bits per heavy atom. The molecule has 2 saturated heterocycles. The average molecular weight is 577 g/mol. The third-order valence-corrected chi connectivity index (χ3v) is 10.7. The van der Waals surface area contributed by atoms with Crippen LogP contribution in [0.5, 0.6) is 0 Å². The van der Waals surface area contributed by atoms with E-state index in [1.165, 1.54) is 24.3 Å². The van der Waals surface area contributed by atoms with Gasteiger partial charge in [0.2, 0.25) is 15.9 Å². The summed E-state index contributed by atoms with van der Waals surface area (Å²) in [6, 6.07) is 9.42. The minimum absolute atomic E-state index is 0.0846. The lowest BCUT2D eigenvalue weighted by molar-refractivity contribution is -0.119. The van der Waals surface area contributed by atoms with Crippen LogP contribution in [-0.4, -0.2) is 68.8 Å². The van der Waals surface area contributed by atoms with Crippen LogP contribution < -0.4 is 16.4 Å². The van der Waals surface area contributed by atoms with Gasteiger partial charge in [0.15, 0.2) is 0 Å². The number of hydrogen-bond donors (Lipinski definition) is 3. The van der Waals surface area contributed by atoms with Crippen molar-refractivity contribution in [2.45, 2.75) is 68.7 Å². The zero-order valence-corrected chi connectivity index (χ0v) is 23.5. The van der Waals surface area contributed by atoms with Gasteiger partial charge in [-0.15, -0.1) is 0 Å². The van der Waals surface area contributed by atoms with Crippen molar-refractivity contribution in [3.05, 3.63) is 65.2 Å². The third kappa shape index (κ3) is 6.23. The lowest BCUT2D eigenvalue weighted by Crippen LogP contribution is -2.57. The SMILES string of the molecule is COC1CC([C@H](c2ccc(F)cc2)[C@H](N)C(=O)Nc2cccc(F)c2CC[C@H]2CN[C@@H]3CCCS(=O)(=O)N2C3)C1. The van der Waals surface area contributed by atoms with Crippen LogP contribution in [0.15, 0.2) is 42.5 Å². The van der Waals surface area contributed by atoms with E-state index in [-0.39, 0.29) is 48.0 Å². The number of anilines is 1. The molecule has 4 N–H and O–H groups in total. The summed E-state index contributed by atoms with van der Waals surface area (Å²) < 4.78 is 61.4. The number of nitrogens with zero attached hydrogens (tertiary/aromatic N) is 1. The van der Waals surface area contributed by atoms with Crippen molar-refractivity contribution in [1.82, 2.24) is 9.62 Å². The number of sulfonamides is 1. The zero-order valence-electron chi connectivity index (χ0n) is 22.7. The number of nitrogens with one attached hydrogen (secondary N) is 2. The van der Waals surface area contributed by atoms with Gasteiger partial charge in [-0.3, -0.25) is 4.79 Å². The standard InChI is InChI=1S/C29H38F2N4O4S/c1-39-23-14-19(15-23)27(18-7-9-20(30)10-8-18)28(32)29(36)34-26-6-2-5-25(31)24(26)12-11-22-16-33-21-4-3-13-40(37,38)35(22)17-21/h2,5-10,19,21-23,27-28,33H,3-4,11-17,32H2,1H3,(H,34,36)/t19?,21-,22+,23?,27+,28+/m1/s1. The highest BCUT2D eigenvalue weighted by molar-refractivity contribution is 7.89. The molecule has 1 amide bonds. The summed E-state index contributed by atoms with van der Waals surface area (Å²) in [6.45, 7) is 0.937. The normalized spacial score (nSPS) is 29.1. The van der Waals surface area contributed by atoms with Crippen molar-refractivity contribution < 1.29 is 26.7 Å². The van der Waals surface area contributed by atoms with Gasteiger partial charge in [0, 0.05) is 49.5 Å². The molecule has 11 heteroatoms. The molecule has 0 radical (unpaired) electrons. The van der Waals surface area contributed by atoms with Gasteiger partial charge < -0.3 is 21.1 Å². The Hall–Kier alpha value is -2.44. The first-order chi connectivity index (χ1) is 19.2. The van der Waals surface area contributed by atoms with Crippen molar-refractivity contribution in [1.29, 1.82) is 0 Å². The summed E-state index contributed by atoms with van der Waals surface area (Å²) in [4.78, 5) is 13.5. The van der Waals surface area contributed by atoms with E-state index in [2.05, 4.69) is 10.6 Å². The van der Waals surface area contributed by atoms with E-state index >= 15 is 4.39 Å². The molecule has 2 aromatic rings. The molecule has 5 rings (SSSR count). The van der Waals surface area contributed by atoms with Gasteiger partial charge in [-0.05, 0) is 74.3 Å². The summed E-state index contributed by atoms with van der Waals surface area (Å²) in [5.41, 5.74) is 7.94. The number of benzene rings is 2. The van der Waals surface area contributed by atoms with Crippen LogP contribution >= 0.6 is 0 Å². The van der Waals surface area contributed by atoms with Crippen LogP contribution in [0.3, 0.4) is 0 Å². The molecule has 8 nitrogen and oxygen atoms in total. The third-order valence-electron chi connectivity index (χ3n) is 8.78. The number of hydrogen-bond acceptors (Lipinski definition) is 6. The number of carbonyl (C=O) groups is 1. The molecule has 5 atom stereocenters. The van der Waals surface area contributed by atoms with Crippen molar-refractivity contribution in [2.24, 2.45) is 11.7 Å². The first-order valence-electron chi connectivity index (χ1n) is 14.0. The molecule has 3 fully saturated rings. The number of fused-ring (bicyclic) bond motifs is 2. The van der Waals surface area contributed by atoms with E-state index in [4.69, 9.17) is 10.5 Å². The minimum atomic E-state index is -3.36. The maximum atomic E-state index is 15.1. The van der Waals surface area contributed by atoms with E-state index < -0.39 is 27.8 Å². The molecule has 3 aliphatic rings. The average Bonchev–Trinajstić information content (AvgIpc) is 3.02. The van der Waals surface area contributed by atoms with Crippen molar-refractivity contribution in [3.8, 4) is 0 Å². The highest BCUT2D eigenvalue weighted by Crippen LogP contribution is 2.42. The molecule has 40 heavy (non-hydrogen) atoms. The number of piperazine rings is 1. The second kappa shape index (κ2) is 12.2. The predicted molar refractivity (Wildman–Crippen MR) is 149 cm³/mol. The van der Waals surface area contributed by atoms with Gasteiger partial charge in [-0.2, -0.15) is 4.31 Å². The van der Waals surface area contributed by atoms with Crippen LogP contribution in [0.1, 0.15) is 49.1 Å². The molecule has 0 aromatic heterocycles. The van der Waals surface area contributed by atoms with Crippen LogP contribution in [0.2, 0.25) is 0 Å². The van der Waals surface area contributed by atoms with Crippen LogP contribution in [-0.2, 0) is 26.0 Å². The van der Waals surface area contributed by atoms with E-state index in [0.717, 1.165) is 24.8 Å². The van der Waals surface area contributed by atoms with Crippen LogP contribution in [0.4, 0.5) is 14.5 Å². The topological polar surface area (TPSA) is 114 Å². The fourth-order valence-corrected chi connectivity index (χ4v) is 8.22. The summed E-state index contributed by atoms with van der Waals surface area (Å²) in [7, 11) is -1.72. The minimum Gasteiger partial charge on any atom is -0.381 e. The van der Waals surface area contributed by atoms with Gasteiger partial charge >= 0.3 is 0 Å². The van der Waals surface area contributed by atoms with Crippen molar-refractivity contribution in [2.75, 3.05) is 31.3 Å². The zero-order chi connectivity index (χ0) is 28.4. The first kappa shape index (κ1) is 29.1. The molecule has 0 spiro atoms. The van der Waals surface area contributed by atoms with Crippen LogP contribution in [0.25, 0.3) is 0 Å². The van der Waals surface area contributed by atoms with Crippen molar-refractivity contribution in [3.63, 3.8) is 0 Å². The quantitative estimate of drug-likeness (QED) is 0.423. The van der Waals surface area contributed by atoms with E-state index in [1.54, 1.807) is 29.6 Å². The molecular formula is C29H38F2N4O4S. The van der Waals surface area contributed by atoms with Gasteiger partial charge in [0.1, 0.15) is 11.6 Å². The summed E-state index contributed by atoms with van der Waals surface area (Å²) >= 11 is 0. The number of nitrogens with two attached hydrogens (primary N) is 1. The smallest absolute Gasteiger partial charge is 0.241 e. The van der Waals surface area contributed by atoms with Gasteiger partial charge in [0.25, 0.3) is 0 Å². The molecule has 1 unspecified atom stereocenters. The fraction of sp³-hybridized carbons (Fsp3) is 0.552. The molecule has 2 aromatic carbocycles. The molecule has 1 aliphatic carbocycles. The fourth-order valence-electron chi connectivity index (χ4n) is 6.41. The maximum Gasteiger partial charge on any atom is 0.241 e. The molecule has 2 aliphatic heterocycles. The van der Waals surface area contributed by atoms with Gasteiger partial charge in [0.05, 0.1) is 17.9 Å². The van der Waals surface area contributed by atoms with Gasteiger partial charge in [-0.25, -0.2) is 17.2 Å². The summed E-state index contributed by atoms with van der Waals surface area (Å²) in [5, 5.41) is 6.27. The monoisotopic (exact) mass is 576 g/mol. The Labute approximate surface area is 234 Å². The lowest BCUT2D eigenvalue weighted by Gasteiger charge is -2.41. The molecule has 2 heterocycles. The van der Waals surface area contributed by atoms with E-state index in [0.29, 0.717) is 37.2 Å². The number of rotatable bonds is 9. The van der Waals surface area contributed by atoms with E-state index in [9.17, 15) is 17.6 Å². The number of carbonyl (C=O) groups excluding carboxylic acids is 1. The Morgan fingerprint density at radius 1 is 1.20 bits per heavy atom. The molecule has 218 valence electrons. The number of amides is 1. The largest absolute Gasteiger partial charge is 0.381 e. The second-order valence-corrected chi connectivity index (χ2v) is 13.3. The second-order valence-electron chi connectivity index (χ2n) is 11.3. The summed E-state index contributed by atoms with van der Waals surface area (Å²) in [5.74, 6) is -1.45. The maximum absolute atomic E-state index is 15.1. The molecule has 1 saturated carbocycles.